The van der Waals surface area contributed by atoms with Gasteiger partial charge in [-0.15, -0.1) is 0 Å². The maximum atomic E-state index is 15.9. The zero-order valence-corrected chi connectivity index (χ0v) is 22.5. The van der Waals surface area contributed by atoms with Crippen LogP contribution in [0.15, 0.2) is 36.7 Å². The van der Waals surface area contributed by atoms with E-state index < -0.39 is 41.6 Å². The summed E-state index contributed by atoms with van der Waals surface area (Å²) in [6.45, 7) is 0.129. The van der Waals surface area contributed by atoms with E-state index in [1.165, 1.54) is 27.9 Å². The molecule has 0 spiro atoms. The molecule has 3 aliphatic heterocycles. The molecule has 0 radical (unpaired) electrons. The van der Waals surface area contributed by atoms with Gasteiger partial charge in [-0.2, -0.15) is 5.10 Å². The number of hydrogen-bond acceptors (Lipinski definition) is 7. The van der Waals surface area contributed by atoms with Crippen LogP contribution < -0.4 is 10.2 Å². The van der Waals surface area contributed by atoms with Gasteiger partial charge >= 0.3 is 0 Å². The third-order valence-electron chi connectivity index (χ3n) is 7.87. The van der Waals surface area contributed by atoms with Crippen molar-refractivity contribution in [3.05, 3.63) is 70.0 Å². The standard InChI is InChI=1S/C28H21ClF3N7O3/c29-20-5-14(30)7-33-25(20)17-6-22(37-10-15(31)11-37)35-26-18(17)8-34-39(26)9-13-1-2-16-19(24(13)32)12-38(28(16)42)21-3-4-23(40)36-27(21)41/h1-2,5-8,15,21H,3-4,9-12H2,(H,36,40,41)/t21-/m0/s1. The second kappa shape index (κ2) is 9.79. The fourth-order valence-corrected chi connectivity index (χ4v) is 5.92. The molecule has 42 heavy (non-hydrogen) atoms. The minimum atomic E-state index is -0.994. The number of aromatic nitrogens is 4. The number of imide groups is 1. The van der Waals surface area contributed by atoms with Crippen molar-refractivity contribution in [2.45, 2.75) is 38.1 Å². The van der Waals surface area contributed by atoms with E-state index in [0.717, 1.165) is 12.3 Å². The number of pyridine rings is 2. The molecule has 3 amide bonds. The van der Waals surface area contributed by atoms with Crippen molar-refractivity contribution in [1.82, 2.24) is 30.0 Å². The number of carbonyl (C=O) groups is 3. The van der Waals surface area contributed by atoms with Gasteiger partial charge in [0.05, 0.1) is 49.3 Å². The summed E-state index contributed by atoms with van der Waals surface area (Å²) in [5.74, 6) is -2.23. The first kappa shape index (κ1) is 26.4. The molecule has 1 N–H and O–H groups in total. The average Bonchev–Trinajstić information content (AvgIpc) is 3.49. The van der Waals surface area contributed by atoms with Crippen LogP contribution in [0.4, 0.5) is 19.0 Å². The van der Waals surface area contributed by atoms with Crippen LogP contribution in [0.3, 0.4) is 0 Å². The number of amides is 3. The van der Waals surface area contributed by atoms with E-state index in [9.17, 15) is 23.2 Å². The molecule has 2 fully saturated rings. The molecule has 214 valence electrons. The second-order valence-electron chi connectivity index (χ2n) is 10.5. The molecule has 1 atom stereocenters. The van der Waals surface area contributed by atoms with E-state index >= 15 is 4.39 Å². The van der Waals surface area contributed by atoms with Gasteiger partial charge in [-0.1, -0.05) is 17.7 Å². The van der Waals surface area contributed by atoms with Gasteiger partial charge < -0.3 is 9.80 Å². The smallest absolute Gasteiger partial charge is 0.255 e. The number of nitrogens with zero attached hydrogens (tertiary/aromatic N) is 6. The van der Waals surface area contributed by atoms with Crippen LogP contribution in [0, 0.1) is 11.6 Å². The lowest BCUT2D eigenvalue weighted by molar-refractivity contribution is -0.136. The molecule has 7 rings (SSSR count). The molecule has 0 unspecified atom stereocenters. The predicted octanol–water partition coefficient (Wildman–Crippen LogP) is 3.39. The molecule has 4 aromatic rings. The van der Waals surface area contributed by atoms with Crippen LogP contribution >= 0.6 is 11.6 Å². The van der Waals surface area contributed by atoms with E-state index in [1.807, 2.05) is 0 Å². The van der Waals surface area contributed by atoms with E-state index in [-0.39, 0.29) is 60.7 Å². The van der Waals surface area contributed by atoms with Gasteiger partial charge in [0.25, 0.3) is 5.91 Å². The van der Waals surface area contributed by atoms with E-state index in [1.54, 1.807) is 11.0 Å². The monoisotopic (exact) mass is 595 g/mol. The second-order valence-corrected chi connectivity index (χ2v) is 10.9. The maximum absolute atomic E-state index is 15.9. The zero-order valence-electron chi connectivity index (χ0n) is 21.8. The first-order chi connectivity index (χ1) is 20.2. The topological polar surface area (TPSA) is 113 Å². The summed E-state index contributed by atoms with van der Waals surface area (Å²) in [5, 5.41) is 7.26. The van der Waals surface area contributed by atoms with Crippen LogP contribution in [0.1, 0.15) is 34.3 Å². The van der Waals surface area contributed by atoms with Crippen molar-refractivity contribution in [3.63, 3.8) is 0 Å². The molecule has 0 bridgehead atoms. The van der Waals surface area contributed by atoms with Crippen LogP contribution in [0.2, 0.25) is 5.02 Å². The van der Waals surface area contributed by atoms with Gasteiger partial charge in [-0.25, -0.2) is 22.8 Å². The molecular formula is C28H21ClF3N7O3. The highest BCUT2D eigenvalue weighted by molar-refractivity contribution is 6.33. The number of halogens is 4. The van der Waals surface area contributed by atoms with Gasteiger partial charge in [0.15, 0.2) is 5.65 Å². The molecule has 10 nitrogen and oxygen atoms in total. The normalized spacial score (nSPS) is 19.0. The molecular weight excluding hydrogens is 575 g/mol. The zero-order chi connectivity index (χ0) is 29.3. The summed E-state index contributed by atoms with van der Waals surface area (Å²) in [6.07, 6.45) is 1.83. The first-order valence-corrected chi connectivity index (χ1v) is 13.6. The third kappa shape index (κ3) is 4.26. The van der Waals surface area contributed by atoms with E-state index in [0.29, 0.717) is 28.1 Å². The maximum Gasteiger partial charge on any atom is 0.255 e. The minimum absolute atomic E-state index is 0.0541. The molecule has 14 heteroatoms. The Balaban J connectivity index is 1.25. The number of anilines is 1. The van der Waals surface area contributed by atoms with Gasteiger partial charge in [0, 0.05) is 34.1 Å². The lowest BCUT2D eigenvalue weighted by Gasteiger charge is -2.35. The summed E-state index contributed by atoms with van der Waals surface area (Å²) in [5.41, 5.74) is 1.70. The highest BCUT2D eigenvalue weighted by atomic mass is 35.5. The van der Waals surface area contributed by atoms with Crippen molar-refractivity contribution in [2.75, 3.05) is 18.0 Å². The lowest BCUT2D eigenvalue weighted by atomic mass is 10.0. The molecule has 3 aliphatic rings. The van der Waals surface area contributed by atoms with Crippen LogP contribution in [-0.4, -0.2) is 67.7 Å². The average molecular weight is 596 g/mol. The van der Waals surface area contributed by atoms with Crippen molar-refractivity contribution < 1.29 is 27.6 Å². The fraction of sp³-hybridized carbons (Fsp3) is 0.286. The van der Waals surface area contributed by atoms with Crippen molar-refractivity contribution in [3.8, 4) is 11.3 Å². The number of benzene rings is 1. The third-order valence-corrected chi connectivity index (χ3v) is 8.16. The molecule has 3 aromatic heterocycles. The quantitative estimate of drug-likeness (QED) is 0.352. The van der Waals surface area contributed by atoms with E-state index in [2.05, 4.69) is 20.4 Å². The number of fused-ring (bicyclic) bond motifs is 2. The van der Waals surface area contributed by atoms with Gasteiger partial charge in [0.1, 0.15) is 29.7 Å². The summed E-state index contributed by atoms with van der Waals surface area (Å²) in [4.78, 5) is 48.8. The Hall–Kier alpha value is -4.52. The summed E-state index contributed by atoms with van der Waals surface area (Å²) >= 11 is 6.33. The SMILES string of the molecule is O=C1CC[C@H](N2Cc3c(ccc(Cn4ncc5c(-c6ncc(F)cc6Cl)cc(N6CC(F)C6)nc54)c3F)C2=O)C(=O)N1. The highest BCUT2D eigenvalue weighted by Gasteiger charge is 2.40. The Morgan fingerprint density at radius 3 is 2.62 bits per heavy atom. The Morgan fingerprint density at radius 2 is 1.88 bits per heavy atom. The summed E-state index contributed by atoms with van der Waals surface area (Å²) < 4.78 is 44.8. The number of hydrogen-bond donors (Lipinski definition) is 1. The summed E-state index contributed by atoms with van der Waals surface area (Å²) in [7, 11) is 0. The van der Waals surface area contributed by atoms with Gasteiger partial charge in [0.2, 0.25) is 11.8 Å². The van der Waals surface area contributed by atoms with Crippen molar-refractivity contribution >= 4 is 46.2 Å². The Labute approximate surface area is 241 Å². The van der Waals surface area contributed by atoms with Crippen LogP contribution in [0.25, 0.3) is 22.3 Å². The molecule has 2 saturated heterocycles. The Morgan fingerprint density at radius 1 is 1.07 bits per heavy atom. The van der Waals surface area contributed by atoms with Crippen molar-refractivity contribution in [1.29, 1.82) is 0 Å². The molecule has 1 aromatic carbocycles. The molecule has 0 aliphatic carbocycles. The number of rotatable bonds is 5. The number of alkyl halides is 1. The Kier molecular flexibility index (Phi) is 6.15. The highest BCUT2D eigenvalue weighted by Crippen LogP contribution is 2.36. The minimum Gasteiger partial charge on any atom is -0.351 e. The van der Waals surface area contributed by atoms with Crippen LogP contribution in [-0.2, 0) is 22.7 Å². The number of piperidine rings is 1. The van der Waals surface area contributed by atoms with Crippen LogP contribution in [0.5, 0.6) is 0 Å². The fourth-order valence-electron chi connectivity index (χ4n) is 5.67. The Bertz CT molecular complexity index is 1820. The van der Waals surface area contributed by atoms with E-state index in [4.69, 9.17) is 11.6 Å². The van der Waals surface area contributed by atoms with Gasteiger partial charge in [-0.3, -0.25) is 24.7 Å². The molecule has 0 saturated carbocycles. The number of nitrogens with one attached hydrogen (secondary N) is 1. The predicted molar refractivity (Wildman–Crippen MR) is 144 cm³/mol. The largest absolute Gasteiger partial charge is 0.351 e. The first-order valence-electron chi connectivity index (χ1n) is 13.2. The number of carbonyl (C=O) groups excluding carboxylic acids is 3. The lowest BCUT2D eigenvalue weighted by Crippen LogP contribution is -2.52. The van der Waals surface area contributed by atoms with Gasteiger partial charge in [-0.05, 0) is 24.6 Å². The van der Waals surface area contributed by atoms with Crippen molar-refractivity contribution in [2.24, 2.45) is 0 Å². The summed E-state index contributed by atoms with van der Waals surface area (Å²) in [6, 6.07) is 4.97. The molecule has 6 heterocycles.